The third kappa shape index (κ3) is 5.42. The van der Waals surface area contributed by atoms with Crippen LogP contribution in [0.3, 0.4) is 0 Å². The van der Waals surface area contributed by atoms with E-state index >= 15 is 0 Å². The van der Waals surface area contributed by atoms with Crippen molar-refractivity contribution in [1.82, 2.24) is 0 Å². The lowest BCUT2D eigenvalue weighted by Crippen LogP contribution is -2.57. The molecule has 2 nitrogen and oxygen atoms in total. The second-order valence-corrected chi connectivity index (χ2v) is 40.1. The van der Waals surface area contributed by atoms with E-state index in [1.54, 1.807) is 0 Å². The lowest BCUT2D eigenvalue weighted by atomic mass is 10.8. The molecule has 18 heavy (non-hydrogen) atoms. The first-order chi connectivity index (χ1) is 7.71. The van der Waals surface area contributed by atoms with Crippen molar-refractivity contribution in [3.8, 4) is 0 Å². The molecule has 0 N–H and O–H groups in total. The van der Waals surface area contributed by atoms with Crippen molar-refractivity contribution in [2.75, 3.05) is 13.2 Å². The Morgan fingerprint density at radius 3 is 0.889 bits per heavy atom. The van der Waals surface area contributed by atoms with Gasteiger partial charge in [0.15, 0.2) is 15.7 Å². The van der Waals surface area contributed by atoms with Crippen LogP contribution in [0, 0.1) is 0 Å². The van der Waals surface area contributed by atoms with Crippen molar-refractivity contribution in [2.24, 2.45) is 0 Å². The summed E-state index contributed by atoms with van der Waals surface area (Å²) in [6.45, 7) is 25.5. The Morgan fingerprint density at radius 1 is 0.500 bits per heavy atom. The molecule has 0 aromatic heterocycles. The van der Waals surface area contributed by atoms with E-state index in [1.807, 2.05) is 0 Å². The second-order valence-electron chi connectivity index (χ2n) is 8.22. The summed E-state index contributed by atoms with van der Waals surface area (Å²) in [5, 5.41) is 0. The largest absolute Gasteiger partial charge is 0.418 e. The molecule has 0 rings (SSSR count). The summed E-state index contributed by atoms with van der Waals surface area (Å²) in [7, 11) is -5.20. The van der Waals surface area contributed by atoms with E-state index in [0.717, 1.165) is 13.2 Å². The molecule has 0 aromatic carbocycles. The van der Waals surface area contributed by atoms with Gasteiger partial charge >= 0.3 is 0 Å². The zero-order valence-electron chi connectivity index (χ0n) is 14.2. The minimum atomic E-state index is -1.46. The van der Waals surface area contributed by atoms with E-state index in [0.29, 0.717) is 0 Å². The van der Waals surface area contributed by atoms with Crippen molar-refractivity contribution in [2.45, 2.75) is 65.5 Å². The van der Waals surface area contributed by atoms with E-state index in [-0.39, 0.29) is 0 Å². The summed E-state index contributed by atoms with van der Waals surface area (Å²) in [4.78, 5) is 0. The Morgan fingerprint density at radius 2 is 0.722 bits per heavy atom. The molecule has 0 unspecified atom stereocenters. The molecule has 0 saturated heterocycles. The van der Waals surface area contributed by atoms with Crippen molar-refractivity contribution < 1.29 is 8.85 Å². The van der Waals surface area contributed by atoms with Gasteiger partial charge in [0.2, 0.25) is 0 Å². The zero-order valence-corrected chi connectivity index (χ0v) is 18.2. The summed E-state index contributed by atoms with van der Waals surface area (Å²) in [5.74, 6) is 0. The number of hydrogen-bond acceptors (Lipinski definition) is 2. The predicted molar refractivity (Wildman–Crippen MR) is 93.6 cm³/mol. The monoisotopic (exact) mass is 322 g/mol. The van der Waals surface area contributed by atoms with Crippen LogP contribution in [0.5, 0.6) is 0 Å². The van der Waals surface area contributed by atoms with Gasteiger partial charge in [-0.15, -0.1) is 0 Å². The van der Waals surface area contributed by atoms with E-state index < -0.39 is 30.9 Å². The third-order valence-corrected chi connectivity index (χ3v) is 36.2. The molecule has 110 valence electrons. The van der Waals surface area contributed by atoms with Crippen LogP contribution in [0.2, 0.25) is 65.5 Å². The SMILES string of the molecule is C[Si](C)(C)[Si](C)(C)OCCO[Si](C)(C)[Si](C)(C)C. The molecule has 0 spiro atoms. The van der Waals surface area contributed by atoms with Crippen LogP contribution in [0.1, 0.15) is 0 Å². The molecule has 0 aromatic rings. The first-order valence-corrected chi connectivity index (χ1v) is 21.8. The molecule has 0 bridgehead atoms. The molecule has 0 aliphatic heterocycles. The van der Waals surface area contributed by atoms with Gasteiger partial charge < -0.3 is 8.85 Å². The highest BCUT2D eigenvalue weighted by atomic mass is 29.3. The van der Waals surface area contributed by atoms with Gasteiger partial charge in [0.1, 0.15) is 0 Å². The first-order valence-electron chi connectivity index (χ1n) is 6.99. The fourth-order valence-corrected chi connectivity index (χ4v) is 6.29. The minimum absolute atomic E-state index is 0.796. The summed E-state index contributed by atoms with van der Waals surface area (Å²) in [6, 6.07) is 0. The molecule has 0 aliphatic rings. The highest BCUT2D eigenvalue weighted by molar-refractivity contribution is 7.38. The Kier molecular flexibility index (Phi) is 6.31. The van der Waals surface area contributed by atoms with E-state index in [4.69, 9.17) is 8.85 Å². The van der Waals surface area contributed by atoms with Crippen LogP contribution < -0.4 is 0 Å². The maximum absolute atomic E-state index is 6.22. The summed E-state index contributed by atoms with van der Waals surface area (Å²) in [5.41, 5.74) is 0. The standard InChI is InChI=1S/C12H34O2Si4/c1-15(2,3)17(7,8)13-11-12-14-18(9,10)16(4,5)6/h11-12H2,1-10H3. The van der Waals surface area contributed by atoms with Crippen LogP contribution in [0.15, 0.2) is 0 Å². The number of hydrogen-bond donors (Lipinski definition) is 0. The van der Waals surface area contributed by atoms with Crippen molar-refractivity contribution in [1.29, 1.82) is 0 Å². The average molecular weight is 323 g/mol. The molecular weight excluding hydrogens is 288 g/mol. The van der Waals surface area contributed by atoms with Gasteiger partial charge in [-0.2, -0.15) is 0 Å². The Hall–Kier alpha value is 0.788. The van der Waals surface area contributed by atoms with Crippen molar-refractivity contribution in [3.63, 3.8) is 0 Å². The Bertz CT molecular complexity index is 236. The first kappa shape index (κ1) is 18.8. The van der Waals surface area contributed by atoms with E-state index in [1.165, 1.54) is 0 Å². The van der Waals surface area contributed by atoms with Gasteiger partial charge in [0, 0.05) is 0 Å². The quantitative estimate of drug-likeness (QED) is 0.515. The lowest BCUT2D eigenvalue weighted by Gasteiger charge is -2.37. The van der Waals surface area contributed by atoms with Crippen molar-refractivity contribution >= 4 is 30.9 Å². The smallest absolute Gasteiger partial charge is 0.173 e. The normalized spacial score (nSPS) is 15.0. The molecule has 0 radical (unpaired) electrons. The summed E-state index contributed by atoms with van der Waals surface area (Å²) >= 11 is 0. The minimum Gasteiger partial charge on any atom is -0.418 e. The van der Waals surface area contributed by atoms with Gasteiger partial charge in [0.05, 0.1) is 28.4 Å². The molecule has 0 heterocycles. The highest BCUT2D eigenvalue weighted by Crippen LogP contribution is 2.21. The topological polar surface area (TPSA) is 18.5 Å². The predicted octanol–water partition coefficient (Wildman–Crippen LogP) is 4.26. The lowest BCUT2D eigenvalue weighted by molar-refractivity contribution is 0.214. The van der Waals surface area contributed by atoms with Gasteiger partial charge in [-0.3, -0.25) is 0 Å². The highest BCUT2D eigenvalue weighted by Gasteiger charge is 2.40. The zero-order chi connectivity index (χ0) is 14.8. The van der Waals surface area contributed by atoms with Gasteiger partial charge in [0.25, 0.3) is 0 Å². The molecule has 0 atom stereocenters. The summed E-state index contributed by atoms with van der Waals surface area (Å²) < 4.78 is 12.4. The maximum atomic E-state index is 6.22. The maximum Gasteiger partial charge on any atom is 0.173 e. The van der Waals surface area contributed by atoms with Crippen LogP contribution in [-0.4, -0.2) is 44.1 Å². The van der Waals surface area contributed by atoms with Gasteiger partial charge in [-0.25, -0.2) is 0 Å². The fraction of sp³-hybridized carbons (Fsp3) is 1.00. The average Bonchev–Trinajstić information content (AvgIpc) is 2.08. The molecule has 0 aliphatic carbocycles. The fourth-order valence-electron chi connectivity index (χ4n) is 1.03. The number of rotatable bonds is 7. The molecular formula is C12H34O2Si4. The van der Waals surface area contributed by atoms with Gasteiger partial charge in [-0.1, -0.05) is 39.3 Å². The van der Waals surface area contributed by atoms with Crippen LogP contribution in [0.4, 0.5) is 0 Å². The van der Waals surface area contributed by atoms with Crippen LogP contribution >= 0.6 is 0 Å². The third-order valence-electron chi connectivity index (χ3n) is 4.62. The molecule has 6 heteroatoms. The van der Waals surface area contributed by atoms with Crippen LogP contribution in [0.25, 0.3) is 0 Å². The van der Waals surface area contributed by atoms with E-state index in [2.05, 4.69) is 65.5 Å². The van der Waals surface area contributed by atoms with Gasteiger partial charge in [-0.05, 0) is 26.2 Å². The molecule has 0 amide bonds. The molecule has 0 fully saturated rings. The summed E-state index contributed by atoms with van der Waals surface area (Å²) in [6.07, 6.45) is 0. The molecule has 0 saturated carbocycles. The Balaban J connectivity index is 4.17. The van der Waals surface area contributed by atoms with Crippen LogP contribution in [-0.2, 0) is 8.85 Å². The van der Waals surface area contributed by atoms with Crippen molar-refractivity contribution in [3.05, 3.63) is 0 Å². The Labute approximate surface area is 118 Å². The van der Waals surface area contributed by atoms with E-state index in [9.17, 15) is 0 Å². The second kappa shape index (κ2) is 6.05.